The van der Waals surface area contributed by atoms with E-state index in [2.05, 4.69) is 41.5 Å². The molecule has 1 aromatic carbocycles. The van der Waals surface area contributed by atoms with Gasteiger partial charge in [-0.05, 0) is 30.5 Å². The Morgan fingerprint density at radius 2 is 1.84 bits per heavy atom. The van der Waals surface area contributed by atoms with Crippen LogP contribution in [0.1, 0.15) is 29.8 Å². The molecular weight excluding hydrogens is 236 g/mol. The van der Waals surface area contributed by atoms with E-state index in [1.807, 2.05) is 13.0 Å². The van der Waals surface area contributed by atoms with E-state index < -0.39 is 0 Å². The molecule has 2 rings (SSSR count). The second-order valence-corrected chi connectivity index (χ2v) is 4.37. The summed E-state index contributed by atoms with van der Waals surface area (Å²) in [5, 5.41) is 2.78. The van der Waals surface area contributed by atoms with Gasteiger partial charge in [0.1, 0.15) is 0 Å². The van der Waals surface area contributed by atoms with Crippen LogP contribution < -0.4 is 5.32 Å². The van der Waals surface area contributed by atoms with E-state index in [1.165, 1.54) is 5.56 Å². The fourth-order valence-electron chi connectivity index (χ4n) is 1.92. The zero-order valence-electron chi connectivity index (χ0n) is 11.3. The van der Waals surface area contributed by atoms with Gasteiger partial charge in [-0.15, -0.1) is 0 Å². The summed E-state index contributed by atoms with van der Waals surface area (Å²) in [6, 6.07) is 10.2. The van der Waals surface area contributed by atoms with Gasteiger partial charge in [0.2, 0.25) is 0 Å². The fourth-order valence-corrected chi connectivity index (χ4v) is 1.92. The minimum Gasteiger partial charge on any atom is -0.352 e. The maximum atomic E-state index is 11.8. The second kappa shape index (κ2) is 6.14. The number of carbonyl (C=O) groups excluding carboxylic acids is 1. The lowest BCUT2D eigenvalue weighted by atomic mass is 10.0. The summed E-state index contributed by atoms with van der Waals surface area (Å²) in [5.41, 5.74) is 3.94. The summed E-state index contributed by atoms with van der Waals surface area (Å²) < 4.78 is 0. The van der Waals surface area contributed by atoms with Crippen molar-refractivity contribution in [2.24, 2.45) is 0 Å². The molecule has 19 heavy (non-hydrogen) atoms. The van der Waals surface area contributed by atoms with Gasteiger partial charge >= 0.3 is 0 Å². The van der Waals surface area contributed by atoms with Gasteiger partial charge in [0, 0.05) is 24.5 Å². The minimum absolute atomic E-state index is 0.0815. The van der Waals surface area contributed by atoms with Crippen molar-refractivity contribution in [2.45, 2.75) is 20.3 Å². The number of nitrogens with zero attached hydrogens (tertiary/aromatic N) is 1. The molecule has 0 radical (unpaired) electrons. The molecule has 3 nitrogen and oxygen atoms in total. The zero-order valence-corrected chi connectivity index (χ0v) is 11.3. The molecule has 0 spiro atoms. The monoisotopic (exact) mass is 254 g/mol. The van der Waals surface area contributed by atoms with Crippen molar-refractivity contribution in [1.82, 2.24) is 10.3 Å². The highest BCUT2D eigenvalue weighted by atomic mass is 16.1. The fraction of sp³-hybridized carbons (Fsp3) is 0.250. The minimum atomic E-state index is -0.0815. The third-order valence-electron chi connectivity index (χ3n) is 3.03. The van der Waals surface area contributed by atoms with Gasteiger partial charge in [-0.25, -0.2) is 0 Å². The molecule has 0 fully saturated rings. The Labute approximate surface area is 113 Å². The molecule has 1 N–H and O–H groups in total. The van der Waals surface area contributed by atoms with Crippen LogP contribution in [0.2, 0.25) is 0 Å². The van der Waals surface area contributed by atoms with E-state index in [1.54, 1.807) is 12.4 Å². The predicted molar refractivity (Wildman–Crippen MR) is 77.1 cm³/mol. The first-order chi connectivity index (χ1) is 9.24. The molecule has 1 aromatic heterocycles. The molecule has 3 heteroatoms. The summed E-state index contributed by atoms with van der Waals surface area (Å²) in [6.45, 7) is 4.65. The van der Waals surface area contributed by atoms with Crippen LogP contribution in [0.3, 0.4) is 0 Å². The van der Waals surface area contributed by atoms with Gasteiger partial charge in [0.15, 0.2) is 0 Å². The zero-order chi connectivity index (χ0) is 13.7. The molecule has 0 aliphatic rings. The van der Waals surface area contributed by atoms with E-state index in [-0.39, 0.29) is 5.91 Å². The first-order valence-corrected chi connectivity index (χ1v) is 6.57. The summed E-state index contributed by atoms with van der Waals surface area (Å²) in [6.07, 6.45) is 4.40. The van der Waals surface area contributed by atoms with E-state index in [4.69, 9.17) is 0 Å². The third-order valence-corrected chi connectivity index (χ3v) is 3.03. The Morgan fingerprint density at radius 3 is 2.47 bits per heavy atom. The Balaban J connectivity index is 2.29. The molecule has 2 aromatic rings. The van der Waals surface area contributed by atoms with Crippen LogP contribution in [0.4, 0.5) is 0 Å². The molecule has 0 atom stereocenters. The van der Waals surface area contributed by atoms with Crippen LogP contribution in [0.15, 0.2) is 42.7 Å². The van der Waals surface area contributed by atoms with Gasteiger partial charge < -0.3 is 5.32 Å². The molecule has 0 bridgehead atoms. The number of rotatable bonds is 4. The van der Waals surface area contributed by atoms with Crippen molar-refractivity contribution in [3.8, 4) is 11.1 Å². The van der Waals surface area contributed by atoms with Crippen LogP contribution in [0.5, 0.6) is 0 Å². The quantitative estimate of drug-likeness (QED) is 0.911. The standard InChI is InChI=1S/C16H18N2O/c1-3-12-5-7-13(8-6-12)14-9-15(11-17-10-14)16(19)18-4-2/h5-11H,3-4H2,1-2H3,(H,18,19). The van der Waals surface area contributed by atoms with Crippen LogP contribution in [0, 0.1) is 0 Å². The molecule has 0 aliphatic carbocycles. The normalized spacial score (nSPS) is 10.2. The number of amides is 1. The summed E-state index contributed by atoms with van der Waals surface area (Å²) in [4.78, 5) is 15.9. The molecular formula is C16H18N2O. The number of hydrogen-bond acceptors (Lipinski definition) is 2. The molecule has 0 saturated carbocycles. The van der Waals surface area contributed by atoms with Crippen molar-refractivity contribution in [2.75, 3.05) is 6.54 Å². The Morgan fingerprint density at radius 1 is 1.11 bits per heavy atom. The van der Waals surface area contributed by atoms with Crippen molar-refractivity contribution in [3.05, 3.63) is 53.9 Å². The molecule has 0 saturated heterocycles. The van der Waals surface area contributed by atoms with Crippen LogP contribution in [-0.4, -0.2) is 17.4 Å². The Bertz CT molecular complexity index is 561. The lowest BCUT2D eigenvalue weighted by molar-refractivity contribution is 0.0955. The number of carbonyl (C=O) groups is 1. The number of hydrogen-bond donors (Lipinski definition) is 1. The average molecular weight is 254 g/mol. The van der Waals surface area contributed by atoms with Crippen LogP contribution >= 0.6 is 0 Å². The van der Waals surface area contributed by atoms with E-state index in [0.29, 0.717) is 12.1 Å². The molecule has 98 valence electrons. The largest absolute Gasteiger partial charge is 0.352 e. The predicted octanol–water partition coefficient (Wildman–Crippen LogP) is 3.06. The summed E-state index contributed by atoms with van der Waals surface area (Å²) in [5.74, 6) is -0.0815. The van der Waals surface area contributed by atoms with E-state index >= 15 is 0 Å². The van der Waals surface area contributed by atoms with Crippen molar-refractivity contribution in [1.29, 1.82) is 0 Å². The first kappa shape index (κ1) is 13.3. The highest BCUT2D eigenvalue weighted by Gasteiger charge is 2.06. The Hall–Kier alpha value is -2.16. The molecule has 0 aliphatic heterocycles. The van der Waals surface area contributed by atoms with Crippen molar-refractivity contribution in [3.63, 3.8) is 0 Å². The van der Waals surface area contributed by atoms with Crippen molar-refractivity contribution < 1.29 is 4.79 Å². The second-order valence-electron chi connectivity index (χ2n) is 4.37. The van der Waals surface area contributed by atoms with Gasteiger partial charge in [-0.2, -0.15) is 0 Å². The highest BCUT2D eigenvalue weighted by Crippen LogP contribution is 2.20. The third kappa shape index (κ3) is 3.19. The molecule has 1 heterocycles. The first-order valence-electron chi connectivity index (χ1n) is 6.57. The van der Waals surface area contributed by atoms with E-state index in [9.17, 15) is 4.79 Å². The number of aryl methyl sites for hydroxylation is 1. The van der Waals surface area contributed by atoms with Gasteiger partial charge in [-0.3, -0.25) is 9.78 Å². The van der Waals surface area contributed by atoms with Gasteiger partial charge in [0.25, 0.3) is 5.91 Å². The topological polar surface area (TPSA) is 42.0 Å². The number of nitrogens with one attached hydrogen (secondary N) is 1. The molecule has 1 amide bonds. The number of aromatic nitrogens is 1. The molecule has 0 unspecified atom stereocenters. The van der Waals surface area contributed by atoms with Gasteiger partial charge in [-0.1, -0.05) is 31.2 Å². The maximum absolute atomic E-state index is 11.8. The van der Waals surface area contributed by atoms with Crippen LogP contribution in [0.25, 0.3) is 11.1 Å². The lowest BCUT2D eigenvalue weighted by Gasteiger charge is -2.06. The van der Waals surface area contributed by atoms with Gasteiger partial charge in [0.05, 0.1) is 5.56 Å². The average Bonchev–Trinajstić information content (AvgIpc) is 2.48. The Kier molecular flexibility index (Phi) is 4.29. The summed E-state index contributed by atoms with van der Waals surface area (Å²) in [7, 11) is 0. The maximum Gasteiger partial charge on any atom is 0.252 e. The summed E-state index contributed by atoms with van der Waals surface area (Å²) >= 11 is 0. The number of pyridine rings is 1. The smallest absolute Gasteiger partial charge is 0.252 e. The lowest BCUT2D eigenvalue weighted by Crippen LogP contribution is -2.22. The highest BCUT2D eigenvalue weighted by molar-refractivity contribution is 5.95. The number of benzene rings is 1. The van der Waals surface area contributed by atoms with E-state index in [0.717, 1.165) is 17.5 Å². The van der Waals surface area contributed by atoms with Crippen molar-refractivity contribution >= 4 is 5.91 Å². The SMILES string of the molecule is CCNC(=O)c1cncc(-c2ccc(CC)cc2)c1. The van der Waals surface area contributed by atoms with Crippen LogP contribution in [-0.2, 0) is 6.42 Å².